The Kier molecular flexibility index (Phi) is 6.61. The second-order valence-electron chi connectivity index (χ2n) is 12.4. The molecule has 2 aromatic carbocycles. The van der Waals surface area contributed by atoms with Crippen molar-refractivity contribution in [3.05, 3.63) is 40.4 Å². The number of thiophene rings is 1. The summed E-state index contributed by atoms with van der Waals surface area (Å²) < 4.78 is 52.5. The molecule has 0 aliphatic carbocycles. The summed E-state index contributed by atoms with van der Waals surface area (Å²) in [7, 11) is 0. The largest absolute Gasteiger partial charge is 0.461 e. The smallest absolute Gasteiger partial charge is 0.319 e. The first kappa shape index (κ1) is 28.1. The molecule has 13 heteroatoms. The van der Waals surface area contributed by atoms with Crippen LogP contribution in [0.4, 0.5) is 24.0 Å². The highest BCUT2D eigenvalue weighted by Gasteiger charge is 2.49. The zero-order valence-electron chi connectivity index (χ0n) is 23.7. The summed E-state index contributed by atoms with van der Waals surface area (Å²) in [6.45, 7) is 2.77. The lowest BCUT2D eigenvalue weighted by atomic mass is 9.95. The summed E-state index contributed by atoms with van der Waals surface area (Å²) in [6, 6.07) is 6.89. The number of fused-ring (bicyclic) bond motifs is 5. The van der Waals surface area contributed by atoms with Crippen LogP contribution in [0.3, 0.4) is 0 Å². The summed E-state index contributed by atoms with van der Waals surface area (Å²) in [4.78, 5) is 13.6. The Bertz CT molecular complexity index is 1870. The molecule has 4 aliphatic rings. The molecular formula is C31H29ClF3N7OS. The van der Waals surface area contributed by atoms with Gasteiger partial charge in [-0.25, -0.2) is 13.2 Å². The van der Waals surface area contributed by atoms with Crippen LogP contribution in [0.5, 0.6) is 6.01 Å². The van der Waals surface area contributed by atoms with Gasteiger partial charge in [-0.3, -0.25) is 4.90 Å². The van der Waals surface area contributed by atoms with Crippen molar-refractivity contribution in [3.8, 4) is 23.2 Å². The lowest BCUT2D eigenvalue weighted by Gasteiger charge is -2.34. The van der Waals surface area contributed by atoms with Crippen molar-refractivity contribution < 1.29 is 17.9 Å². The van der Waals surface area contributed by atoms with Crippen LogP contribution in [0.15, 0.2) is 18.2 Å². The van der Waals surface area contributed by atoms with Crippen LogP contribution in [0.25, 0.3) is 32.1 Å². The number of halogens is 4. The van der Waals surface area contributed by atoms with Crippen molar-refractivity contribution >= 4 is 54.7 Å². The first-order valence-corrected chi connectivity index (χ1v) is 16.1. The number of hydrogen-bond donors (Lipinski definition) is 2. The average molecular weight is 640 g/mol. The molecule has 0 radical (unpaired) electrons. The van der Waals surface area contributed by atoms with Crippen LogP contribution in [0, 0.1) is 23.0 Å². The van der Waals surface area contributed by atoms with Crippen LogP contribution >= 0.6 is 22.9 Å². The van der Waals surface area contributed by atoms with E-state index in [0.29, 0.717) is 37.3 Å². The number of alkyl halides is 1. The minimum Gasteiger partial charge on any atom is -0.461 e. The third-order valence-electron chi connectivity index (χ3n) is 9.79. The Hall–Kier alpha value is -3.37. The van der Waals surface area contributed by atoms with E-state index >= 15 is 4.39 Å². The zero-order valence-corrected chi connectivity index (χ0v) is 25.2. The highest BCUT2D eigenvalue weighted by molar-refractivity contribution is 7.23. The number of nitriles is 1. The molecule has 4 aliphatic heterocycles. The Morgan fingerprint density at radius 1 is 1.20 bits per heavy atom. The quantitative estimate of drug-likeness (QED) is 0.283. The predicted molar refractivity (Wildman–Crippen MR) is 165 cm³/mol. The Morgan fingerprint density at radius 2 is 2.00 bits per heavy atom. The molecule has 8 rings (SSSR count). The van der Waals surface area contributed by atoms with Gasteiger partial charge in [0.2, 0.25) is 0 Å². The second kappa shape index (κ2) is 10.3. The molecule has 8 nitrogen and oxygen atoms in total. The number of ether oxygens (including phenoxy) is 1. The third kappa shape index (κ3) is 4.31. The molecule has 4 fully saturated rings. The van der Waals surface area contributed by atoms with Crippen molar-refractivity contribution in [1.82, 2.24) is 20.2 Å². The first-order chi connectivity index (χ1) is 21.2. The average Bonchev–Trinajstić information content (AvgIpc) is 3.73. The van der Waals surface area contributed by atoms with E-state index < -0.39 is 23.3 Å². The topological polar surface area (TPSA) is 103 Å². The van der Waals surface area contributed by atoms with Crippen molar-refractivity contribution in [3.63, 3.8) is 0 Å². The molecule has 3 N–H and O–H groups in total. The molecule has 4 aromatic rings. The minimum absolute atomic E-state index is 0.00466. The van der Waals surface area contributed by atoms with E-state index in [1.165, 1.54) is 12.1 Å². The molecular weight excluding hydrogens is 611 g/mol. The molecule has 228 valence electrons. The van der Waals surface area contributed by atoms with E-state index in [1.54, 1.807) is 6.07 Å². The number of piperazine rings is 1. The van der Waals surface area contributed by atoms with Gasteiger partial charge in [-0.1, -0.05) is 17.7 Å². The van der Waals surface area contributed by atoms with E-state index in [4.69, 9.17) is 27.1 Å². The van der Waals surface area contributed by atoms with E-state index in [1.807, 2.05) is 6.07 Å². The van der Waals surface area contributed by atoms with Crippen molar-refractivity contribution in [2.24, 2.45) is 0 Å². The maximum atomic E-state index is 16.9. The van der Waals surface area contributed by atoms with E-state index in [2.05, 4.69) is 20.1 Å². The van der Waals surface area contributed by atoms with Crippen molar-refractivity contribution in [2.45, 2.75) is 55.9 Å². The molecule has 4 saturated heterocycles. The molecule has 0 amide bonds. The highest BCUT2D eigenvalue weighted by Crippen LogP contribution is 2.46. The van der Waals surface area contributed by atoms with Crippen LogP contribution in [-0.2, 0) is 0 Å². The lowest BCUT2D eigenvalue weighted by Crippen LogP contribution is -2.51. The summed E-state index contributed by atoms with van der Waals surface area (Å²) in [6.07, 6.45) is 3.33. The normalized spacial score (nSPS) is 26.5. The molecule has 44 heavy (non-hydrogen) atoms. The maximum Gasteiger partial charge on any atom is 0.319 e. The number of benzene rings is 2. The van der Waals surface area contributed by atoms with E-state index in [9.17, 15) is 14.0 Å². The number of anilines is 2. The summed E-state index contributed by atoms with van der Waals surface area (Å²) in [5.41, 5.74) is 5.94. The summed E-state index contributed by atoms with van der Waals surface area (Å²) in [5, 5.41) is 14.3. The van der Waals surface area contributed by atoms with Crippen LogP contribution in [-0.4, -0.2) is 71.4 Å². The highest BCUT2D eigenvalue weighted by atomic mass is 35.5. The number of nitrogens with two attached hydrogens (primary N) is 1. The fourth-order valence-electron chi connectivity index (χ4n) is 7.84. The van der Waals surface area contributed by atoms with Gasteiger partial charge in [0.15, 0.2) is 5.82 Å². The maximum absolute atomic E-state index is 16.9. The Labute approximate surface area is 260 Å². The van der Waals surface area contributed by atoms with Gasteiger partial charge < -0.3 is 20.7 Å². The molecule has 4 atom stereocenters. The van der Waals surface area contributed by atoms with E-state index in [0.717, 1.165) is 43.6 Å². The van der Waals surface area contributed by atoms with Crippen LogP contribution in [0.1, 0.15) is 37.7 Å². The lowest BCUT2D eigenvalue weighted by molar-refractivity contribution is 0.107. The summed E-state index contributed by atoms with van der Waals surface area (Å²) in [5.74, 6) is -0.769. The standard InChI is InChI=1S/C31H29ClF3N7OS/c32-21-8-19-26(25(35)24(21)18-4-5-22(34)27-23(18)20(10-36)28(37)44-27)39-30(40-29(19)41-12-16-2-3-17(13-41)38-16)43-14-31-6-1-7-42(31)11-15(33)9-31/h4-5,8,15-17,38H,1-3,6-7,9,11-14,37H2/t15-,16?,17?,31?/m1/s1. The molecule has 2 aromatic heterocycles. The first-order valence-electron chi connectivity index (χ1n) is 14.9. The summed E-state index contributed by atoms with van der Waals surface area (Å²) >= 11 is 7.76. The van der Waals surface area contributed by atoms with Crippen LogP contribution in [0.2, 0.25) is 5.02 Å². The Morgan fingerprint density at radius 3 is 2.77 bits per heavy atom. The second-order valence-corrected chi connectivity index (χ2v) is 13.9. The van der Waals surface area contributed by atoms with E-state index in [-0.39, 0.29) is 67.0 Å². The number of nitrogens with zero attached hydrogens (tertiary/aromatic N) is 5. The minimum atomic E-state index is -0.914. The van der Waals surface area contributed by atoms with Crippen LogP contribution < -0.4 is 20.7 Å². The number of aromatic nitrogens is 2. The van der Waals surface area contributed by atoms with Gasteiger partial charge >= 0.3 is 6.01 Å². The fraction of sp³-hybridized carbons (Fsp3) is 0.452. The van der Waals surface area contributed by atoms with Gasteiger partial charge in [-0.2, -0.15) is 15.2 Å². The van der Waals surface area contributed by atoms with Gasteiger partial charge in [-0.05, 0) is 49.9 Å². The molecule has 2 bridgehead atoms. The fourth-order valence-corrected chi connectivity index (χ4v) is 9.08. The number of hydrogen-bond acceptors (Lipinski definition) is 9. The van der Waals surface area contributed by atoms with Crippen molar-refractivity contribution in [2.75, 3.05) is 43.4 Å². The number of nitrogen functional groups attached to an aromatic ring is 1. The van der Waals surface area contributed by atoms with Gasteiger partial charge in [0.1, 0.15) is 41.0 Å². The van der Waals surface area contributed by atoms with Gasteiger partial charge in [0, 0.05) is 54.5 Å². The Balaban J connectivity index is 1.29. The van der Waals surface area contributed by atoms with Crippen molar-refractivity contribution in [1.29, 1.82) is 5.26 Å². The molecule has 0 spiro atoms. The monoisotopic (exact) mass is 639 g/mol. The van der Waals surface area contributed by atoms with Gasteiger partial charge in [0.25, 0.3) is 0 Å². The molecule has 3 unspecified atom stereocenters. The van der Waals surface area contributed by atoms with Gasteiger partial charge in [-0.15, -0.1) is 11.3 Å². The number of rotatable bonds is 5. The SMILES string of the molecule is N#Cc1c(N)sc2c(F)ccc(-c3c(Cl)cc4c(N5CC6CCC(C5)N6)nc(OCC56CCCN5C[C@H](F)C6)nc4c3F)c12. The zero-order chi connectivity index (χ0) is 30.3. The number of nitrogens with one attached hydrogen (secondary N) is 1. The third-order valence-corrected chi connectivity index (χ3v) is 11.1. The predicted octanol–water partition coefficient (Wildman–Crippen LogP) is 5.79. The molecule has 6 heterocycles. The van der Waals surface area contributed by atoms with Gasteiger partial charge in [0.05, 0.1) is 20.8 Å². The molecule has 0 saturated carbocycles.